The van der Waals surface area contributed by atoms with Gasteiger partial charge in [0.2, 0.25) is 0 Å². The number of nitrogens with one attached hydrogen (secondary N) is 1. The van der Waals surface area contributed by atoms with Crippen molar-refractivity contribution in [2.45, 2.75) is 20.0 Å². The molecule has 24 heavy (non-hydrogen) atoms. The number of amides is 1. The van der Waals surface area contributed by atoms with E-state index in [0.717, 1.165) is 5.56 Å². The zero-order valence-corrected chi connectivity index (χ0v) is 14.5. The normalized spacial score (nSPS) is 11.7. The van der Waals surface area contributed by atoms with E-state index in [1.165, 1.54) is 18.2 Å². The summed E-state index contributed by atoms with van der Waals surface area (Å²) < 4.78 is 5.53. The van der Waals surface area contributed by atoms with Crippen LogP contribution >= 0.6 is 23.2 Å². The molecule has 1 amide bonds. The predicted octanol–water partition coefficient (Wildman–Crippen LogP) is 4.41. The monoisotopic (exact) mass is 367 g/mol. The molecular formula is C17H15Cl2NO4. The van der Waals surface area contributed by atoms with Crippen molar-refractivity contribution in [1.82, 2.24) is 0 Å². The Balaban J connectivity index is 2.11. The molecule has 1 atom stereocenters. The highest BCUT2D eigenvalue weighted by atomic mass is 35.5. The molecule has 0 saturated heterocycles. The quantitative estimate of drug-likeness (QED) is 0.820. The lowest BCUT2D eigenvalue weighted by molar-refractivity contribution is -0.122. The van der Waals surface area contributed by atoms with Gasteiger partial charge in [-0.3, -0.25) is 4.79 Å². The molecule has 0 fully saturated rings. The Labute approximate surface area is 149 Å². The third-order valence-electron chi connectivity index (χ3n) is 3.31. The minimum atomic E-state index is -1.07. The van der Waals surface area contributed by atoms with Crippen LogP contribution in [0.4, 0.5) is 5.69 Å². The molecule has 0 saturated carbocycles. The van der Waals surface area contributed by atoms with Gasteiger partial charge in [0, 0.05) is 10.7 Å². The molecule has 2 rings (SSSR count). The molecule has 0 unspecified atom stereocenters. The topological polar surface area (TPSA) is 75.6 Å². The number of carbonyl (C=O) groups is 2. The second-order valence-corrected chi connectivity index (χ2v) is 6.00. The number of benzene rings is 2. The van der Waals surface area contributed by atoms with Crippen molar-refractivity contribution >= 4 is 40.8 Å². The van der Waals surface area contributed by atoms with Gasteiger partial charge < -0.3 is 15.2 Å². The molecular weight excluding hydrogens is 353 g/mol. The molecule has 2 aromatic carbocycles. The van der Waals surface area contributed by atoms with E-state index < -0.39 is 18.0 Å². The Bertz CT molecular complexity index is 792. The fraction of sp³-hybridized carbons (Fsp3) is 0.176. The van der Waals surface area contributed by atoms with Gasteiger partial charge in [-0.2, -0.15) is 0 Å². The summed E-state index contributed by atoms with van der Waals surface area (Å²) in [6.07, 6.45) is -0.837. The van der Waals surface area contributed by atoms with Crippen molar-refractivity contribution in [1.29, 1.82) is 0 Å². The van der Waals surface area contributed by atoms with E-state index in [4.69, 9.17) is 33.0 Å². The SMILES string of the molecule is Cc1ccc(C(=O)O)cc1NC(=O)[C@@H](C)Oc1ccc(Cl)cc1Cl. The maximum absolute atomic E-state index is 12.3. The third-order valence-corrected chi connectivity index (χ3v) is 3.84. The van der Waals surface area contributed by atoms with Gasteiger partial charge in [0.25, 0.3) is 5.91 Å². The van der Waals surface area contributed by atoms with E-state index in [9.17, 15) is 9.59 Å². The van der Waals surface area contributed by atoms with E-state index >= 15 is 0 Å². The van der Waals surface area contributed by atoms with Gasteiger partial charge in [0.05, 0.1) is 10.6 Å². The number of ether oxygens (including phenoxy) is 1. The molecule has 0 radical (unpaired) electrons. The van der Waals surface area contributed by atoms with E-state index in [1.807, 2.05) is 0 Å². The summed E-state index contributed by atoms with van der Waals surface area (Å²) in [5.74, 6) is -1.16. The first-order valence-electron chi connectivity index (χ1n) is 7.04. The average molecular weight is 368 g/mol. The number of aryl methyl sites for hydroxylation is 1. The molecule has 0 aliphatic carbocycles. The maximum atomic E-state index is 12.3. The van der Waals surface area contributed by atoms with Crippen LogP contribution in [0.2, 0.25) is 10.0 Å². The van der Waals surface area contributed by atoms with E-state index in [2.05, 4.69) is 5.32 Å². The highest BCUT2D eigenvalue weighted by Gasteiger charge is 2.18. The number of carboxylic acid groups (broad SMARTS) is 1. The Morgan fingerprint density at radius 1 is 1.17 bits per heavy atom. The second kappa shape index (κ2) is 7.55. The number of aromatic carboxylic acids is 1. The van der Waals surface area contributed by atoms with E-state index in [1.54, 1.807) is 32.0 Å². The lowest BCUT2D eigenvalue weighted by atomic mass is 10.1. The zero-order valence-electron chi connectivity index (χ0n) is 13.0. The summed E-state index contributed by atoms with van der Waals surface area (Å²) in [4.78, 5) is 23.3. The van der Waals surface area contributed by atoms with Crippen LogP contribution in [0.25, 0.3) is 0 Å². The Morgan fingerprint density at radius 2 is 1.88 bits per heavy atom. The van der Waals surface area contributed by atoms with Gasteiger partial charge in [0.15, 0.2) is 6.10 Å². The number of carbonyl (C=O) groups excluding carboxylic acids is 1. The Morgan fingerprint density at radius 3 is 2.50 bits per heavy atom. The van der Waals surface area contributed by atoms with Crippen molar-refractivity contribution in [3.8, 4) is 5.75 Å². The van der Waals surface area contributed by atoms with Gasteiger partial charge in [0.1, 0.15) is 5.75 Å². The number of hydrogen-bond donors (Lipinski definition) is 2. The number of carboxylic acids is 1. The number of halogens is 2. The third kappa shape index (κ3) is 4.40. The Kier molecular flexibility index (Phi) is 5.70. The van der Waals surface area contributed by atoms with Crippen molar-refractivity contribution in [3.05, 3.63) is 57.6 Å². The highest BCUT2D eigenvalue weighted by molar-refractivity contribution is 6.35. The summed E-state index contributed by atoms with van der Waals surface area (Å²) in [6, 6.07) is 9.20. The van der Waals surface area contributed by atoms with Crippen LogP contribution in [0.1, 0.15) is 22.8 Å². The second-order valence-electron chi connectivity index (χ2n) is 5.16. The summed E-state index contributed by atoms with van der Waals surface area (Å²) >= 11 is 11.8. The molecule has 0 aromatic heterocycles. The first-order chi connectivity index (χ1) is 11.3. The van der Waals surface area contributed by atoms with Gasteiger partial charge in [-0.15, -0.1) is 0 Å². The van der Waals surface area contributed by atoms with Crippen LogP contribution in [0.3, 0.4) is 0 Å². The fourth-order valence-corrected chi connectivity index (χ4v) is 2.39. The summed E-state index contributed by atoms with van der Waals surface area (Å²) in [5.41, 5.74) is 1.24. The van der Waals surface area contributed by atoms with Crippen LogP contribution in [0, 0.1) is 6.92 Å². The minimum Gasteiger partial charge on any atom is -0.479 e. The van der Waals surface area contributed by atoms with Crippen LogP contribution in [-0.2, 0) is 4.79 Å². The Hall–Kier alpha value is -2.24. The number of anilines is 1. The van der Waals surface area contributed by atoms with Gasteiger partial charge in [-0.25, -0.2) is 4.79 Å². The lowest BCUT2D eigenvalue weighted by Gasteiger charge is -2.17. The summed E-state index contributed by atoms with van der Waals surface area (Å²) in [7, 11) is 0. The molecule has 0 spiro atoms. The van der Waals surface area contributed by atoms with Crippen LogP contribution < -0.4 is 10.1 Å². The average Bonchev–Trinajstić information content (AvgIpc) is 2.51. The van der Waals surface area contributed by atoms with Crippen molar-refractivity contribution in [3.63, 3.8) is 0 Å². The summed E-state index contributed by atoms with van der Waals surface area (Å²) in [6.45, 7) is 3.33. The smallest absolute Gasteiger partial charge is 0.335 e. The van der Waals surface area contributed by atoms with Gasteiger partial charge in [-0.05, 0) is 49.7 Å². The van der Waals surface area contributed by atoms with E-state index in [0.29, 0.717) is 21.5 Å². The van der Waals surface area contributed by atoms with Crippen LogP contribution in [-0.4, -0.2) is 23.1 Å². The number of rotatable bonds is 5. The van der Waals surface area contributed by atoms with Crippen molar-refractivity contribution < 1.29 is 19.4 Å². The molecule has 0 aliphatic heterocycles. The van der Waals surface area contributed by atoms with Crippen molar-refractivity contribution in [2.75, 3.05) is 5.32 Å². The fourth-order valence-electron chi connectivity index (χ4n) is 1.94. The van der Waals surface area contributed by atoms with Crippen LogP contribution in [0.5, 0.6) is 5.75 Å². The highest BCUT2D eigenvalue weighted by Crippen LogP contribution is 2.28. The lowest BCUT2D eigenvalue weighted by Crippen LogP contribution is -2.30. The number of hydrogen-bond acceptors (Lipinski definition) is 3. The van der Waals surface area contributed by atoms with Gasteiger partial charge >= 0.3 is 5.97 Å². The molecule has 5 nitrogen and oxygen atoms in total. The first-order valence-corrected chi connectivity index (χ1v) is 7.80. The standard InChI is InChI=1S/C17H15Cl2NO4/c1-9-3-4-11(17(22)23)7-14(9)20-16(21)10(2)24-15-6-5-12(18)8-13(15)19/h3-8,10H,1-2H3,(H,20,21)(H,22,23)/t10-/m1/s1. The molecule has 0 aliphatic rings. The summed E-state index contributed by atoms with van der Waals surface area (Å²) in [5, 5.41) is 12.4. The molecule has 2 aromatic rings. The maximum Gasteiger partial charge on any atom is 0.335 e. The predicted molar refractivity (Wildman–Crippen MR) is 93.3 cm³/mol. The van der Waals surface area contributed by atoms with Crippen LogP contribution in [0.15, 0.2) is 36.4 Å². The van der Waals surface area contributed by atoms with Crippen molar-refractivity contribution in [2.24, 2.45) is 0 Å². The molecule has 126 valence electrons. The zero-order chi connectivity index (χ0) is 17.9. The molecule has 0 heterocycles. The van der Waals surface area contributed by atoms with E-state index in [-0.39, 0.29) is 5.56 Å². The van der Waals surface area contributed by atoms with Gasteiger partial charge in [-0.1, -0.05) is 29.3 Å². The molecule has 7 heteroatoms. The molecule has 2 N–H and O–H groups in total. The molecule has 0 bridgehead atoms. The largest absolute Gasteiger partial charge is 0.479 e. The first kappa shape index (κ1) is 18.1. The minimum absolute atomic E-state index is 0.0882.